The molecule has 10 heavy (non-hydrogen) atoms. The maximum absolute atomic E-state index is 9.14. The van der Waals surface area contributed by atoms with Crippen LogP contribution in [-0.4, -0.2) is 36.6 Å². The Labute approximate surface area is 59.3 Å². The number of hydrogen-bond donors (Lipinski definition) is 1. The van der Waals surface area contributed by atoms with E-state index in [4.69, 9.17) is 9.84 Å². The molecule has 1 N–H and O–H groups in total. The lowest BCUT2D eigenvalue weighted by atomic mass is 10.2. The highest BCUT2D eigenvalue weighted by atomic mass is 16.5. The van der Waals surface area contributed by atoms with Gasteiger partial charge < -0.3 is 9.84 Å². The molecule has 0 saturated heterocycles. The van der Waals surface area contributed by atoms with Crippen LogP contribution in [0.5, 0.6) is 0 Å². The monoisotopic (exact) mass is 142 g/mol. The molecular formula is C6H10N2O2. The third kappa shape index (κ3) is 1.22. The highest BCUT2D eigenvalue weighted by Crippen LogP contribution is 2.05. The summed E-state index contributed by atoms with van der Waals surface area (Å²) >= 11 is 0. The van der Waals surface area contributed by atoms with Gasteiger partial charge >= 0.3 is 0 Å². The molecule has 0 bridgehead atoms. The fraction of sp³-hybridized carbons (Fsp3) is 0.667. The van der Waals surface area contributed by atoms with Gasteiger partial charge in [0.1, 0.15) is 12.4 Å². The molecule has 4 heteroatoms. The zero-order valence-electron chi connectivity index (χ0n) is 5.98. The Hall–Kier alpha value is -0.740. The molecule has 0 aromatic heterocycles. The smallest absolute Gasteiger partial charge is 0.178 e. The van der Waals surface area contributed by atoms with Gasteiger partial charge in [0.25, 0.3) is 0 Å². The Morgan fingerprint density at radius 1 is 1.70 bits per heavy atom. The number of hydrogen-bond acceptors (Lipinski definition) is 4. The van der Waals surface area contributed by atoms with E-state index >= 15 is 0 Å². The van der Waals surface area contributed by atoms with Crippen molar-refractivity contribution in [2.75, 3.05) is 7.11 Å². The average Bonchev–Trinajstić information content (AvgIpc) is 1.88. The van der Waals surface area contributed by atoms with Crippen molar-refractivity contribution in [3.63, 3.8) is 0 Å². The lowest BCUT2D eigenvalue weighted by molar-refractivity contribution is 0.0326. The second-order valence-electron chi connectivity index (χ2n) is 2.10. The number of aliphatic imine (C=N–C) groups is 2. The Balaban J connectivity index is 2.71. The number of nitrogens with zero attached hydrogens (tertiary/aromatic N) is 2. The molecule has 1 aliphatic rings. The van der Waals surface area contributed by atoms with E-state index in [0.717, 1.165) is 5.71 Å². The maximum atomic E-state index is 9.14. The van der Waals surface area contributed by atoms with Crippen LogP contribution in [0.1, 0.15) is 6.92 Å². The molecule has 2 unspecified atom stereocenters. The Bertz CT molecular complexity index is 177. The molecule has 0 aromatic rings. The molecule has 1 aliphatic heterocycles. The van der Waals surface area contributed by atoms with Crippen LogP contribution in [0, 0.1) is 0 Å². The minimum absolute atomic E-state index is 0.370. The van der Waals surface area contributed by atoms with E-state index in [1.807, 2.05) is 0 Å². The highest BCUT2D eigenvalue weighted by Gasteiger charge is 2.22. The van der Waals surface area contributed by atoms with Gasteiger partial charge in [-0.15, -0.1) is 0 Å². The van der Waals surface area contributed by atoms with Crippen molar-refractivity contribution in [2.24, 2.45) is 9.98 Å². The summed E-state index contributed by atoms with van der Waals surface area (Å²) in [5.74, 6) is 0. The first-order valence-electron chi connectivity index (χ1n) is 3.02. The van der Waals surface area contributed by atoms with Crippen LogP contribution < -0.4 is 0 Å². The fourth-order valence-electron chi connectivity index (χ4n) is 0.852. The predicted octanol–water partition coefficient (Wildman–Crippen LogP) is -0.177. The molecule has 1 rings (SSSR count). The van der Waals surface area contributed by atoms with Crippen LogP contribution in [0.3, 0.4) is 0 Å². The molecule has 0 aromatic carbocycles. The van der Waals surface area contributed by atoms with E-state index in [2.05, 4.69) is 9.98 Å². The SMILES string of the molecule is COC1C(C)=NC=NC1O. The van der Waals surface area contributed by atoms with Gasteiger partial charge in [-0.2, -0.15) is 0 Å². The second-order valence-corrected chi connectivity index (χ2v) is 2.10. The minimum atomic E-state index is -0.789. The summed E-state index contributed by atoms with van der Waals surface area (Å²) in [6.45, 7) is 1.79. The zero-order chi connectivity index (χ0) is 7.56. The van der Waals surface area contributed by atoms with E-state index < -0.39 is 6.23 Å². The lowest BCUT2D eigenvalue weighted by Gasteiger charge is -2.19. The summed E-state index contributed by atoms with van der Waals surface area (Å²) in [7, 11) is 1.52. The maximum Gasteiger partial charge on any atom is 0.178 e. The predicted molar refractivity (Wildman–Crippen MR) is 38.4 cm³/mol. The topological polar surface area (TPSA) is 54.2 Å². The quantitative estimate of drug-likeness (QED) is 0.552. The van der Waals surface area contributed by atoms with Crippen LogP contribution in [-0.2, 0) is 4.74 Å². The van der Waals surface area contributed by atoms with Crippen molar-refractivity contribution in [3.8, 4) is 0 Å². The standard InChI is InChI=1S/C6H10N2O2/c1-4-5(10-2)6(9)8-3-7-4/h3,5-6,9H,1-2H3. The van der Waals surface area contributed by atoms with Crippen LogP contribution in [0.2, 0.25) is 0 Å². The fourth-order valence-corrected chi connectivity index (χ4v) is 0.852. The average molecular weight is 142 g/mol. The minimum Gasteiger partial charge on any atom is -0.371 e. The molecule has 1 heterocycles. The van der Waals surface area contributed by atoms with Crippen molar-refractivity contribution in [1.82, 2.24) is 0 Å². The Morgan fingerprint density at radius 3 is 2.80 bits per heavy atom. The first-order chi connectivity index (χ1) is 4.75. The summed E-state index contributed by atoms with van der Waals surface area (Å²) in [5, 5.41) is 9.14. The Kier molecular flexibility index (Phi) is 2.13. The van der Waals surface area contributed by atoms with Gasteiger partial charge in [0.15, 0.2) is 6.23 Å². The van der Waals surface area contributed by atoms with E-state index in [0.29, 0.717) is 0 Å². The van der Waals surface area contributed by atoms with Crippen molar-refractivity contribution < 1.29 is 9.84 Å². The normalized spacial score (nSPS) is 32.1. The summed E-state index contributed by atoms with van der Waals surface area (Å²) in [5.41, 5.74) is 0.755. The van der Waals surface area contributed by atoms with Crippen molar-refractivity contribution >= 4 is 12.1 Å². The van der Waals surface area contributed by atoms with Crippen LogP contribution in [0.4, 0.5) is 0 Å². The van der Waals surface area contributed by atoms with Gasteiger partial charge in [-0.25, -0.2) is 9.98 Å². The van der Waals surface area contributed by atoms with Gasteiger partial charge in [-0.3, -0.25) is 0 Å². The summed E-state index contributed by atoms with van der Waals surface area (Å²) in [6.07, 6.45) is 0.183. The van der Waals surface area contributed by atoms with Crippen LogP contribution >= 0.6 is 0 Å². The van der Waals surface area contributed by atoms with E-state index in [1.165, 1.54) is 13.4 Å². The molecule has 0 radical (unpaired) electrons. The third-order valence-electron chi connectivity index (χ3n) is 1.42. The van der Waals surface area contributed by atoms with Gasteiger partial charge in [0.2, 0.25) is 0 Å². The summed E-state index contributed by atoms with van der Waals surface area (Å²) in [4.78, 5) is 7.52. The first kappa shape index (κ1) is 7.37. The summed E-state index contributed by atoms with van der Waals surface area (Å²) < 4.78 is 4.92. The van der Waals surface area contributed by atoms with E-state index in [-0.39, 0.29) is 6.10 Å². The van der Waals surface area contributed by atoms with Gasteiger partial charge in [0, 0.05) is 7.11 Å². The molecule has 0 amide bonds. The Morgan fingerprint density at radius 2 is 2.40 bits per heavy atom. The molecule has 0 spiro atoms. The van der Waals surface area contributed by atoms with Crippen LogP contribution in [0.25, 0.3) is 0 Å². The van der Waals surface area contributed by atoms with Gasteiger partial charge in [-0.05, 0) is 6.92 Å². The molecule has 0 saturated carbocycles. The van der Waals surface area contributed by atoms with Crippen LogP contribution in [0.15, 0.2) is 9.98 Å². The molecule has 4 nitrogen and oxygen atoms in total. The first-order valence-corrected chi connectivity index (χ1v) is 3.02. The molecule has 2 atom stereocenters. The van der Waals surface area contributed by atoms with Crippen molar-refractivity contribution in [1.29, 1.82) is 0 Å². The third-order valence-corrected chi connectivity index (χ3v) is 1.42. The second kappa shape index (κ2) is 2.90. The van der Waals surface area contributed by atoms with Crippen molar-refractivity contribution in [3.05, 3.63) is 0 Å². The summed E-state index contributed by atoms with van der Waals surface area (Å²) in [6, 6.07) is 0. The zero-order valence-corrected chi connectivity index (χ0v) is 5.98. The molecule has 0 fully saturated rings. The molecule has 56 valence electrons. The largest absolute Gasteiger partial charge is 0.371 e. The lowest BCUT2D eigenvalue weighted by Crippen LogP contribution is -2.35. The number of ether oxygens (including phenoxy) is 1. The van der Waals surface area contributed by atoms with E-state index in [9.17, 15) is 0 Å². The number of rotatable bonds is 1. The van der Waals surface area contributed by atoms with Gasteiger partial charge in [-0.1, -0.05) is 0 Å². The number of methoxy groups -OCH3 is 1. The number of aliphatic hydroxyl groups is 1. The van der Waals surface area contributed by atoms with E-state index in [1.54, 1.807) is 6.92 Å². The molecule has 0 aliphatic carbocycles. The molecular weight excluding hydrogens is 132 g/mol. The highest BCUT2D eigenvalue weighted by molar-refractivity contribution is 5.94. The van der Waals surface area contributed by atoms with Crippen molar-refractivity contribution in [2.45, 2.75) is 19.3 Å². The van der Waals surface area contributed by atoms with Gasteiger partial charge in [0.05, 0.1) is 5.71 Å². The number of aliphatic hydroxyl groups excluding tert-OH is 1.